The number of hydrogen-bond acceptors (Lipinski definition) is 5. The first kappa shape index (κ1) is 39.8. The second-order valence-corrected chi connectivity index (χ2v) is 12.3. The number of hydrogen-bond donors (Lipinski definition) is 0. The van der Waals surface area contributed by atoms with E-state index in [9.17, 15) is 0 Å². The van der Waals surface area contributed by atoms with Gasteiger partial charge in [0.25, 0.3) is 5.97 Å². The predicted molar refractivity (Wildman–Crippen MR) is 177 cm³/mol. The lowest BCUT2D eigenvalue weighted by Gasteiger charge is -2.33. The fourth-order valence-corrected chi connectivity index (χ4v) is 5.31. The highest BCUT2D eigenvalue weighted by atomic mass is 32.1. The van der Waals surface area contributed by atoms with Crippen LogP contribution in [0.5, 0.6) is 0 Å². The second kappa shape index (κ2) is 31.7. The zero-order chi connectivity index (χ0) is 29.4. The van der Waals surface area contributed by atoms with Crippen LogP contribution < -0.4 is 0 Å². The quantitative estimate of drug-likeness (QED) is 0.0434. The summed E-state index contributed by atoms with van der Waals surface area (Å²) in [4.78, 5) is 0. The van der Waals surface area contributed by atoms with Crippen molar-refractivity contribution in [1.82, 2.24) is 0 Å². The number of thiocarbonyl (C=S) groups is 1. The molecule has 0 aliphatic heterocycles. The van der Waals surface area contributed by atoms with E-state index < -0.39 is 5.97 Å². The van der Waals surface area contributed by atoms with E-state index >= 15 is 0 Å². The maximum absolute atomic E-state index is 6.28. The van der Waals surface area contributed by atoms with Crippen molar-refractivity contribution in [2.45, 2.75) is 194 Å². The molecule has 0 bridgehead atoms. The van der Waals surface area contributed by atoms with Gasteiger partial charge in [-0.1, -0.05) is 155 Å². The van der Waals surface area contributed by atoms with E-state index in [0.29, 0.717) is 37.9 Å². The molecule has 0 aromatic carbocycles. The molecule has 240 valence electrons. The molecule has 0 unspecified atom stereocenters. The molecular formula is C35H70O4S. The topological polar surface area (TPSA) is 36.9 Å². The number of rotatable bonds is 33. The summed E-state index contributed by atoms with van der Waals surface area (Å²) in [6, 6.07) is 0. The Balaban J connectivity index is 4.11. The summed E-state index contributed by atoms with van der Waals surface area (Å²) in [5.41, 5.74) is 0. The molecule has 0 fully saturated rings. The van der Waals surface area contributed by atoms with Crippen molar-refractivity contribution in [3.63, 3.8) is 0 Å². The number of ether oxygens (including phenoxy) is 4. The average molecular weight is 587 g/mol. The minimum Gasteiger partial charge on any atom is -0.487 e. The molecule has 0 radical (unpaired) electrons. The lowest BCUT2D eigenvalue weighted by atomic mass is 10.1. The maximum Gasteiger partial charge on any atom is 0.286 e. The van der Waals surface area contributed by atoms with Crippen LogP contribution in [0.4, 0.5) is 0 Å². The first-order chi connectivity index (χ1) is 19.6. The van der Waals surface area contributed by atoms with Gasteiger partial charge in [0.2, 0.25) is 0 Å². The average Bonchev–Trinajstić information content (AvgIpc) is 2.93. The molecule has 0 N–H and O–H groups in total. The third-order valence-corrected chi connectivity index (χ3v) is 7.84. The van der Waals surface area contributed by atoms with Gasteiger partial charge in [0, 0.05) is 13.5 Å². The van der Waals surface area contributed by atoms with Crippen LogP contribution in [0.1, 0.15) is 188 Å². The first-order valence-electron chi connectivity index (χ1n) is 17.7. The van der Waals surface area contributed by atoms with Crippen LogP contribution >= 0.6 is 12.2 Å². The molecule has 0 aliphatic carbocycles. The summed E-state index contributed by atoms with van der Waals surface area (Å²) in [6.07, 6.45) is 32.6. The summed E-state index contributed by atoms with van der Waals surface area (Å²) in [5.74, 6) is -1.02. The predicted octanol–water partition coefficient (Wildman–Crippen LogP) is 11.9. The fraction of sp³-hybridized carbons (Fsp3) is 0.971. The lowest BCUT2D eigenvalue weighted by molar-refractivity contribution is -0.384. The summed E-state index contributed by atoms with van der Waals surface area (Å²) in [5, 5.41) is 0.548. The normalized spacial score (nSPS) is 11.8. The van der Waals surface area contributed by atoms with Crippen LogP contribution in [-0.4, -0.2) is 37.5 Å². The lowest BCUT2D eigenvalue weighted by Crippen LogP contribution is -2.41. The van der Waals surface area contributed by atoms with E-state index in [1.807, 2.05) is 6.92 Å². The molecule has 0 aromatic heterocycles. The summed E-state index contributed by atoms with van der Waals surface area (Å²) < 4.78 is 24.2. The molecule has 0 heterocycles. The van der Waals surface area contributed by atoms with E-state index in [2.05, 4.69) is 13.8 Å². The van der Waals surface area contributed by atoms with Gasteiger partial charge >= 0.3 is 0 Å². The van der Waals surface area contributed by atoms with Gasteiger partial charge in [-0.2, -0.15) is 0 Å². The monoisotopic (exact) mass is 586 g/mol. The maximum atomic E-state index is 6.28. The molecule has 0 rings (SSSR count). The molecule has 0 amide bonds. The molecule has 5 heteroatoms. The van der Waals surface area contributed by atoms with Gasteiger partial charge in [0.1, 0.15) is 0 Å². The molecule has 0 atom stereocenters. The highest BCUT2D eigenvalue weighted by Gasteiger charge is 2.33. The number of unbranched alkanes of at least 4 members (excludes halogenated alkanes) is 22. The summed E-state index contributed by atoms with van der Waals surface area (Å²) in [7, 11) is 0. The van der Waals surface area contributed by atoms with Crippen molar-refractivity contribution in [2.75, 3.05) is 26.4 Å². The third kappa shape index (κ3) is 27.9. The van der Waals surface area contributed by atoms with Crippen molar-refractivity contribution in [1.29, 1.82) is 0 Å². The molecule has 0 spiro atoms. The van der Waals surface area contributed by atoms with Gasteiger partial charge in [0.05, 0.1) is 26.2 Å². The van der Waals surface area contributed by atoms with Crippen LogP contribution in [0.15, 0.2) is 0 Å². The Labute approximate surface area is 256 Å². The summed E-state index contributed by atoms with van der Waals surface area (Å²) in [6.45, 7) is 10.7. The molecule has 0 saturated carbocycles. The standard InChI is InChI=1S/C35H70O4S/c1-5-8-10-12-14-16-18-20-22-24-26-28-31-38-35(37-7-3,30-33-36-34(4)40)39-32-29-27-25-23-21-19-17-15-13-11-9-6-2/h5-33H2,1-4H3. The fourth-order valence-electron chi connectivity index (χ4n) is 5.22. The molecule has 0 aromatic rings. The van der Waals surface area contributed by atoms with Crippen molar-refractivity contribution in [3.05, 3.63) is 0 Å². The van der Waals surface area contributed by atoms with Crippen LogP contribution in [0.3, 0.4) is 0 Å². The van der Waals surface area contributed by atoms with E-state index in [1.165, 1.54) is 141 Å². The molecule has 4 nitrogen and oxygen atoms in total. The minimum atomic E-state index is -1.02. The third-order valence-electron chi connectivity index (χ3n) is 7.72. The molecule has 0 aliphatic rings. The van der Waals surface area contributed by atoms with Crippen molar-refractivity contribution in [2.24, 2.45) is 0 Å². The van der Waals surface area contributed by atoms with Gasteiger partial charge in [-0.3, -0.25) is 0 Å². The Morgan fingerprint density at radius 2 is 0.775 bits per heavy atom. The van der Waals surface area contributed by atoms with Crippen LogP contribution in [0.25, 0.3) is 0 Å². The van der Waals surface area contributed by atoms with Gasteiger partial charge in [-0.15, -0.1) is 0 Å². The zero-order valence-electron chi connectivity index (χ0n) is 27.5. The van der Waals surface area contributed by atoms with E-state index in [1.54, 1.807) is 6.92 Å². The highest BCUT2D eigenvalue weighted by molar-refractivity contribution is 7.80. The van der Waals surface area contributed by atoms with Crippen molar-refractivity contribution < 1.29 is 18.9 Å². The summed E-state index contributed by atoms with van der Waals surface area (Å²) >= 11 is 5.10. The first-order valence-corrected chi connectivity index (χ1v) is 18.1. The largest absolute Gasteiger partial charge is 0.487 e. The Hall–Kier alpha value is -0.230. The highest BCUT2D eigenvalue weighted by Crippen LogP contribution is 2.23. The Morgan fingerprint density at radius 3 is 1.07 bits per heavy atom. The van der Waals surface area contributed by atoms with Gasteiger partial charge in [-0.25, -0.2) is 0 Å². The van der Waals surface area contributed by atoms with E-state index in [4.69, 9.17) is 31.2 Å². The molecular weight excluding hydrogens is 516 g/mol. The van der Waals surface area contributed by atoms with Crippen LogP contribution in [0.2, 0.25) is 0 Å². The smallest absolute Gasteiger partial charge is 0.286 e. The van der Waals surface area contributed by atoms with Gasteiger partial charge < -0.3 is 18.9 Å². The van der Waals surface area contributed by atoms with E-state index in [0.717, 1.165) is 12.8 Å². The molecule has 40 heavy (non-hydrogen) atoms. The zero-order valence-corrected chi connectivity index (χ0v) is 28.4. The second-order valence-electron chi connectivity index (χ2n) is 11.7. The van der Waals surface area contributed by atoms with Crippen molar-refractivity contribution >= 4 is 17.3 Å². The van der Waals surface area contributed by atoms with Gasteiger partial charge in [-0.05, 0) is 32.0 Å². The van der Waals surface area contributed by atoms with E-state index in [-0.39, 0.29) is 0 Å². The SMILES string of the molecule is CCCCCCCCCCCCCCOC(CCOC(C)=S)(OCC)OCCCCCCCCCCCCCC. The Kier molecular flexibility index (Phi) is 31.5. The Morgan fingerprint density at radius 1 is 0.450 bits per heavy atom. The van der Waals surface area contributed by atoms with Gasteiger partial charge in [0.15, 0.2) is 5.05 Å². The Bertz CT molecular complexity index is 484. The minimum absolute atomic E-state index is 0.451. The molecule has 0 saturated heterocycles. The van der Waals surface area contributed by atoms with Crippen LogP contribution in [-0.2, 0) is 18.9 Å². The van der Waals surface area contributed by atoms with Crippen molar-refractivity contribution in [3.8, 4) is 0 Å². The van der Waals surface area contributed by atoms with Crippen LogP contribution in [0, 0.1) is 0 Å².